The van der Waals surface area contributed by atoms with Gasteiger partial charge in [-0.25, -0.2) is 0 Å². The normalized spacial score (nSPS) is 14.3. The van der Waals surface area contributed by atoms with Crippen LogP contribution in [0.3, 0.4) is 0 Å². The van der Waals surface area contributed by atoms with Gasteiger partial charge in [0.15, 0.2) is 11.5 Å². The van der Waals surface area contributed by atoms with Gasteiger partial charge in [0.25, 0.3) is 5.91 Å². The molecule has 0 fully saturated rings. The van der Waals surface area contributed by atoms with E-state index in [0.29, 0.717) is 18.8 Å². The minimum absolute atomic E-state index is 0.0777. The number of aryl methyl sites for hydroxylation is 1. The number of rotatable bonds is 3. The summed E-state index contributed by atoms with van der Waals surface area (Å²) in [6.07, 6.45) is 0. The Labute approximate surface area is 130 Å². The third-order valence-electron chi connectivity index (χ3n) is 3.69. The van der Waals surface area contributed by atoms with E-state index in [2.05, 4.69) is 5.32 Å². The first-order chi connectivity index (χ1) is 10.6. The molecule has 1 amide bonds. The van der Waals surface area contributed by atoms with E-state index < -0.39 is 0 Å². The maximum absolute atomic E-state index is 12.3. The first-order valence-electron chi connectivity index (χ1n) is 7.40. The second-order valence-electron chi connectivity index (χ2n) is 5.47. The largest absolute Gasteiger partial charge is 0.486 e. The van der Waals surface area contributed by atoms with Crippen molar-refractivity contribution >= 4 is 5.91 Å². The molecule has 0 spiro atoms. The molecule has 1 heterocycles. The summed E-state index contributed by atoms with van der Waals surface area (Å²) in [5, 5.41) is 3.01. The Balaban J connectivity index is 1.74. The van der Waals surface area contributed by atoms with Crippen LogP contribution in [0, 0.1) is 6.92 Å². The summed E-state index contributed by atoms with van der Waals surface area (Å²) in [5.74, 6) is 1.42. The zero-order chi connectivity index (χ0) is 15.5. The molecule has 0 aliphatic carbocycles. The molecule has 0 bridgehead atoms. The van der Waals surface area contributed by atoms with Crippen molar-refractivity contribution in [3.05, 3.63) is 59.2 Å². The van der Waals surface area contributed by atoms with Crippen molar-refractivity contribution < 1.29 is 14.3 Å². The van der Waals surface area contributed by atoms with Crippen molar-refractivity contribution in [3.63, 3.8) is 0 Å². The number of ether oxygens (including phenoxy) is 2. The summed E-state index contributed by atoms with van der Waals surface area (Å²) in [6.45, 7) is 5.06. The van der Waals surface area contributed by atoms with E-state index in [1.807, 2.05) is 56.3 Å². The van der Waals surface area contributed by atoms with Gasteiger partial charge in [-0.15, -0.1) is 0 Å². The van der Waals surface area contributed by atoms with Crippen LogP contribution in [0.2, 0.25) is 0 Å². The average Bonchev–Trinajstić information content (AvgIpc) is 2.54. The zero-order valence-corrected chi connectivity index (χ0v) is 12.8. The summed E-state index contributed by atoms with van der Waals surface area (Å²) >= 11 is 0. The molecule has 2 aromatic carbocycles. The van der Waals surface area contributed by atoms with Crippen molar-refractivity contribution in [1.29, 1.82) is 0 Å². The van der Waals surface area contributed by atoms with E-state index in [0.717, 1.165) is 22.6 Å². The van der Waals surface area contributed by atoms with Crippen LogP contribution >= 0.6 is 0 Å². The second kappa shape index (κ2) is 6.10. The highest BCUT2D eigenvalue weighted by molar-refractivity contribution is 5.94. The molecule has 3 rings (SSSR count). The van der Waals surface area contributed by atoms with E-state index >= 15 is 0 Å². The molecule has 1 N–H and O–H groups in total. The number of amides is 1. The van der Waals surface area contributed by atoms with E-state index in [-0.39, 0.29) is 11.9 Å². The number of fused-ring (bicyclic) bond motifs is 1. The molecular weight excluding hydrogens is 278 g/mol. The van der Waals surface area contributed by atoms with E-state index in [1.54, 1.807) is 0 Å². The maximum Gasteiger partial charge on any atom is 0.251 e. The Morgan fingerprint density at radius 3 is 2.64 bits per heavy atom. The van der Waals surface area contributed by atoms with Gasteiger partial charge in [-0.3, -0.25) is 4.79 Å². The molecule has 4 nitrogen and oxygen atoms in total. The molecule has 22 heavy (non-hydrogen) atoms. The van der Waals surface area contributed by atoms with Crippen LogP contribution in [-0.4, -0.2) is 19.1 Å². The van der Waals surface area contributed by atoms with Gasteiger partial charge < -0.3 is 14.8 Å². The fourth-order valence-corrected chi connectivity index (χ4v) is 2.48. The fraction of sp³-hybridized carbons (Fsp3) is 0.278. The van der Waals surface area contributed by atoms with Crippen molar-refractivity contribution in [3.8, 4) is 11.5 Å². The van der Waals surface area contributed by atoms with Crippen LogP contribution < -0.4 is 14.8 Å². The molecule has 1 aliphatic rings. The Hall–Kier alpha value is -2.49. The molecular formula is C18H19NO3. The van der Waals surface area contributed by atoms with Crippen LogP contribution in [0.4, 0.5) is 0 Å². The van der Waals surface area contributed by atoms with E-state index in [1.165, 1.54) is 0 Å². The molecule has 0 aromatic heterocycles. The Morgan fingerprint density at radius 1 is 1.09 bits per heavy atom. The Bertz CT molecular complexity index is 696. The summed E-state index contributed by atoms with van der Waals surface area (Å²) in [7, 11) is 0. The molecule has 0 unspecified atom stereocenters. The van der Waals surface area contributed by atoms with Gasteiger partial charge in [-0.2, -0.15) is 0 Å². The molecule has 0 saturated carbocycles. The highest BCUT2D eigenvalue weighted by atomic mass is 16.6. The van der Waals surface area contributed by atoms with Crippen LogP contribution in [0.15, 0.2) is 42.5 Å². The number of hydrogen-bond acceptors (Lipinski definition) is 3. The molecule has 0 radical (unpaired) electrons. The monoisotopic (exact) mass is 297 g/mol. The highest BCUT2D eigenvalue weighted by Crippen LogP contribution is 2.32. The number of hydrogen-bond donors (Lipinski definition) is 1. The van der Waals surface area contributed by atoms with Gasteiger partial charge in [0.2, 0.25) is 0 Å². The lowest BCUT2D eigenvalue weighted by Crippen LogP contribution is -2.26. The van der Waals surface area contributed by atoms with Gasteiger partial charge in [0, 0.05) is 5.56 Å². The van der Waals surface area contributed by atoms with Gasteiger partial charge in [-0.05, 0) is 43.7 Å². The fourth-order valence-electron chi connectivity index (χ4n) is 2.48. The van der Waals surface area contributed by atoms with Gasteiger partial charge in [0.05, 0.1) is 6.04 Å². The maximum atomic E-state index is 12.3. The van der Waals surface area contributed by atoms with Crippen LogP contribution in [0.1, 0.15) is 34.5 Å². The lowest BCUT2D eigenvalue weighted by molar-refractivity contribution is 0.0939. The minimum Gasteiger partial charge on any atom is -0.486 e. The third kappa shape index (κ3) is 3.06. The molecule has 1 atom stereocenters. The van der Waals surface area contributed by atoms with Crippen molar-refractivity contribution in [1.82, 2.24) is 5.32 Å². The zero-order valence-electron chi connectivity index (χ0n) is 12.8. The molecule has 2 aromatic rings. The standard InChI is InChI=1S/C18H19NO3/c1-12-4-3-5-15(10-12)18(20)19-13(2)14-6-7-16-17(11-14)22-9-8-21-16/h3-7,10-11,13H,8-9H2,1-2H3,(H,19,20)/t13-/m1/s1. The SMILES string of the molecule is Cc1cccc(C(=O)N[C@H](C)c2ccc3c(c2)OCCO3)c1. The highest BCUT2D eigenvalue weighted by Gasteiger charge is 2.16. The third-order valence-corrected chi connectivity index (χ3v) is 3.69. The van der Waals surface area contributed by atoms with E-state index in [9.17, 15) is 4.79 Å². The number of nitrogens with one attached hydrogen (secondary N) is 1. The number of carbonyl (C=O) groups excluding carboxylic acids is 1. The van der Waals surface area contributed by atoms with Crippen LogP contribution in [0.25, 0.3) is 0 Å². The number of benzene rings is 2. The summed E-state index contributed by atoms with van der Waals surface area (Å²) in [4.78, 5) is 12.3. The minimum atomic E-state index is -0.108. The predicted molar refractivity (Wildman–Crippen MR) is 84.5 cm³/mol. The molecule has 0 saturated heterocycles. The summed E-state index contributed by atoms with van der Waals surface area (Å²) < 4.78 is 11.1. The van der Waals surface area contributed by atoms with E-state index in [4.69, 9.17) is 9.47 Å². The molecule has 1 aliphatic heterocycles. The first kappa shape index (κ1) is 14.4. The first-order valence-corrected chi connectivity index (χ1v) is 7.40. The van der Waals surface area contributed by atoms with Gasteiger partial charge in [0.1, 0.15) is 13.2 Å². The smallest absolute Gasteiger partial charge is 0.251 e. The second-order valence-corrected chi connectivity index (χ2v) is 5.47. The van der Waals surface area contributed by atoms with Crippen molar-refractivity contribution in [2.45, 2.75) is 19.9 Å². The average molecular weight is 297 g/mol. The molecule has 4 heteroatoms. The van der Waals surface area contributed by atoms with Crippen molar-refractivity contribution in [2.24, 2.45) is 0 Å². The summed E-state index contributed by atoms with van der Waals surface area (Å²) in [5.41, 5.74) is 2.73. The Morgan fingerprint density at radius 2 is 1.86 bits per heavy atom. The van der Waals surface area contributed by atoms with Gasteiger partial charge in [-0.1, -0.05) is 23.8 Å². The van der Waals surface area contributed by atoms with Crippen LogP contribution in [-0.2, 0) is 0 Å². The topological polar surface area (TPSA) is 47.6 Å². The molecule has 114 valence electrons. The Kier molecular flexibility index (Phi) is 4.00. The lowest BCUT2D eigenvalue weighted by atomic mass is 10.1. The summed E-state index contributed by atoms with van der Waals surface area (Å²) in [6, 6.07) is 13.2. The number of carbonyl (C=O) groups is 1. The van der Waals surface area contributed by atoms with Crippen LogP contribution in [0.5, 0.6) is 11.5 Å². The quantitative estimate of drug-likeness (QED) is 0.946. The lowest BCUT2D eigenvalue weighted by Gasteiger charge is -2.21. The van der Waals surface area contributed by atoms with Crippen molar-refractivity contribution in [2.75, 3.05) is 13.2 Å². The predicted octanol–water partition coefficient (Wildman–Crippen LogP) is 3.26. The van der Waals surface area contributed by atoms with Gasteiger partial charge >= 0.3 is 0 Å².